The molecule has 3 heterocycles. The average molecular weight is 509 g/mol. The molecule has 4 aliphatic rings. The van der Waals surface area contributed by atoms with Crippen LogP contribution in [0.5, 0.6) is 0 Å². The highest BCUT2D eigenvalue weighted by Gasteiger charge is 2.56. The molecule has 0 radical (unpaired) electrons. The first-order valence-electron chi connectivity index (χ1n) is 12.6. The monoisotopic (exact) mass is 508 g/mol. The van der Waals surface area contributed by atoms with E-state index in [-0.39, 0.29) is 30.4 Å². The summed E-state index contributed by atoms with van der Waals surface area (Å²) >= 11 is 0. The lowest BCUT2D eigenvalue weighted by molar-refractivity contribution is -0.136. The van der Waals surface area contributed by atoms with E-state index in [1.165, 1.54) is 0 Å². The Balaban J connectivity index is 1.31. The Hall–Kier alpha value is -3.65. The standard InChI is InChI=1S/C26H32N6O5/c1-26(2,3)37-25(36)29-19(23(34)32-17(11-27)8-15-9-20(15)32)13-30-12-18-10-21(30)24(35)31(18)16-6-4-14(5-7-16)22(28)33/h4-7,15,17-21H,8-10,12-13H2,1-3H3,(H2,28,33)(H,29,36)/t15-,17?,18+,19?,20+,21?/m1/s1. The molecular formula is C26H32N6O5. The van der Waals surface area contributed by atoms with Gasteiger partial charge in [-0.25, -0.2) is 4.79 Å². The summed E-state index contributed by atoms with van der Waals surface area (Å²) < 4.78 is 5.41. The summed E-state index contributed by atoms with van der Waals surface area (Å²) in [5, 5.41) is 12.3. The van der Waals surface area contributed by atoms with E-state index in [0.29, 0.717) is 36.6 Å². The topological polar surface area (TPSA) is 149 Å². The smallest absolute Gasteiger partial charge is 0.408 e. The van der Waals surface area contributed by atoms with Crippen molar-refractivity contribution in [3.05, 3.63) is 29.8 Å². The number of carbonyl (C=O) groups is 4. The molecule has 3 unspecified atom stereocenters. The van der Waals surface area contributed by atoms with Crippen molar-refractivity contribution < 1.29 is 23.9 Å². The molecule has 4 fully saturated rings. The fourth-order valence-electron chi connectivity index (χ4n) is 5.93. The van der Waals surface area contributed by atoms with E-state index in [4.69, 9.17) is 10.5 Å². The highest BCUT2D eigenvalue weighted by Crippen LogP contribution is 2.48. The van der Waals surface area contributed by atoms with E-state index >= 15 is 0 Å². The van der Waals surface area contributed by atoms with Gasteiger partial charge in [-0.1, -0.05) is 0 Å². The molecule has 11 heteroatoms. The van der Waals surface area contributed by atoms with Crippen LogP contribution in [0.25, 0.3) is 0 Å². The van der Waals surface area contributed by atoms with Crippen molar-refractivity contribution in [3.8, 4) is 6.07 Å². The average Bonchev–Trinajstić information content (AvgIpc) is 3.15. The maximum atomic E-state index is 13.6. The van der Waals surface area contributed by atoms with Gasteiger partial charge in [0.15, 0.2) is 0 Å². The van der Waals surface area contributed by atoms with Crippen LogP contribution in [-0.4, -0.2) is 82.5 Å². The van der Waals surface area contributed by atoms with Crippen LogP contribution in [0.3, 0.4) is 0 Å². The minimum atomic E-state index is -0.944. The van der Waals surface area contributed by atoms with Gasteiger partial charge in [-0.15, -0.1) is 0 Å². The number of nitrogens with two attached hydrogens (primary N) is 1. The highest BCUT2D eigenvalue weighted by molar-refractivity contribution is 6.02. The molecule has 11 nitrogen and oxygen atoms in total. The molecule has 196 valence electrons. The van der Waals surface area contributed by atoms with E-state index in [0.717, 1.165) is 6.42 Å². The highest BCUT2D eigenvalue weighted by atomic mass is 16.6. The molecule has 3 N–H and O–H groups in total. The summed E-state index contributed by atoms with van der Waals surface area (Å²) in [7, 11) is 0. The quantitative estimate of drug-likeness (QED) is 0.582. The Morgan fingerprint density at radius 1 is 1.19 bits per heavy atom. The Labute approximate surface area is 215 Å². The second-order valence-corrected chi connectivity index (χ2v) is 11.4. The Morgan fingerprint density at radius 2 is 1.89 bits per heavy atom. The summed E-state index contributed by atoms with van der Waals surface area (Å²) in [6.07, 6.45) is 1.42. The van der Waals surface area contributed by atoms with Gasteiger partial charge in [0.2, 0.25) is 17.7 Å². The summed E-state index contributed by atoms with van der Waals surface area (Å²) in [6.45, 7) is 5.90. The number of alkyl carbamates (subject to hydrolysis) is 1. The molecular weight excluding hydrogens is 476 g/mol. The van der Waals surface area contributed by atoms with E-state index in [1.54, 1.807) is 54.8 Å². The third kappa shape index (κ3) is 4.73. The molecule has 0 aromatic heterocycles. The maximum absolute atomic E-state index is 13.6. The molecule has 1 aliphatic carbocycles. The molecule has 3 aliphatic heterocycles. The summed E-state index contributed by atoms with van der Waals surface area (Å²) in [4.78, 5) is 56.3. The largest absolute Gasteiger partial charge is 0.444 e. The van der Waals surface area contributed by atoms with Gasteiger partial charge in [0, 0.05) is 30.4 Å². The summed E-state index contributed by atoms with van der Waals surface area (Å²) in [5.41, 5.74) is 5.64. The van der Waals surface area contributed by atoms with Crippen LogP contribution in [0, 0.1) is 17.2 Å². The number of piperazine rings is 1. The molecule has 4 amide bonds. The number of nitrogens with one attached hydrogen (secondary N) is 1. The number of carbonyl (C=O) groups excluding carboxylic acids is 4. The van der Waals surface area contributed by atoms with Gasteiger partial charge in [-0.05, 0) is 70.2 Å². The van der Waals surface area contributed by atoms with Crippen molar-refractivity contribution in [2.75, 3.05) is 18.0 Å². The lowest BCUT2D eigenvalue weighted by atomic mass is 10.1. The zero-order valence-corrected chi connectivity index (χ0v) is 21.2. The number of fused-ring (bicyclic) bond motifs is 3. The molecule has 0 spiro atoms. The zero-order chi connectivity index (χ0) is 26.6. The Bertz CT molecular complexity index is 1170. The van der Waals surface area contributed by atoms with Crippen LogP contribution in [-0.2, 0) is 14.3 Å². The van der Waals surface area contributed by atoms with Gasteiger partial charge in [0.05, 0.1) is 18.2 Å². The molecule has 1 aromatic rings. The number of hydrogen-bond acceptors (Lipinski definition) is 7. The lowest BCUT2D eigenvalue weighted by Gasteiger charge is -2.36. The van der Waals surface area contributed by atoms with Gasteiger partial charge in [0.25, 0.3) is 0 Å². The first-order chi connectivity index (χ1) is 17.5. The fraction of sp³-hybridized carbons (Fsp3) is 0.577. The molecule has 6 atom stereocenters. The van der Waals surface area contributed by atoms with Crippen LogP contribution in [0.2, 0.25) is 0 Å². The van der Waals surface area contributed by atoms with Gasteiger partial charge < -0.3 is 25.6 Å². The molecule has 2 bridgehead atoms. The third-order valence-corrected chi connectivity index (χ3v) is 7.61. The predicted octanol–water partition coefficient (Wildman–Crippen LogP) is 0.981. The lowest BCUT2D eigenvalue weighted by Crippen LogP contribution is -2.59. The SMILES string of the molecule is CC(C)(C)OC(=O)NC(CN1C[C@@H]2CC1C(=O)N2c1ccc(C(N)=O)cc1)C(=O)N1C(C#N)C[C@@H]2C[C@@H]21. The number of hydrogen-bond donors (Lipinski definition) is 2. The predicted molar refractivity (Wildman–Crippen MR) is 132 cm³/mol. The number of anilines is 1. The van der Waals surface area contributed by atoms with Crippen LogP contribution in [0.1, 0.15) is 50.4 Å². The number of nitrogens with zero attached hydrogens (tertiary/aromatic N) is 4. The number of piperidine rings is 1. The first-order valence-corrected chi connectivity index (χ1v) is 12.6. The molecule has 3 saturated heterocycles. The van der Waals surface area contributed by atoms with Crippen LogP contribution in [0.15, 0.2) is 24.3 Å². The van der Waals surface area contributed by atoms with E-state index in [2.05, 4.69) is 11.4 Å². The fourth-order valence-corrected chi connectivity index (χ4v) is 5.93. The van der Waals surface area contributed by atoms with E-state index in [9.17, 15) is 24.4 Å². The number of likely N-dealkylation sites (tertiary alicyclic amines) is 2. The number of ether oxygens (including phenoxy) is 1. The van der Waals surface area contributed by atoms with E-state index in [1.807, 2.05) is 4.90 Å². The zero-order valence-electron chi connectivity index (χ0n) is 21.2. The second kappa shape index (κ2) is 9.03. The number of amides is 4. The van der Waals surface area contributed by atoms with Crippen LogP contribution >= 0.6 is 0 Å². The molecule has 5 rings (SSSR count). The number of rotatable bonds is 6. The maximum Gasteiger partial charge on any atom is 0.408 e. The first kappa shape index (κ1) is 25.0. The number of benzene rings is 1. The summed E-state index contributed by atoms with van der Waals surface area (Å²) in [6, 6.07) is 6.89. The van der Waals surface area contributed by atoms with Gasteiger partial charge in [-0.3, -0.25) is 19.3 Å². The Morgan fingerprint density at radius 3 is 2.49 bits per heavy atom. The van der Waals surface area contributed by atoms with E-state index < -0.39 is 35.7 Å². The van der Waals surface area contributed by atoms with Gasteiger partial charge in [-0.2, -0.15) is 5.26 Å². The normalized spacial score (nSPS) is 29.0. The molecule has 37 heavy (non-hydrogen) atoms. The van der Waals surface area contributed by atoms with Crippen LogP contribution < -0.4 is 16.0 Å². The van der Waals surface area contributed by atoms with Crippen molar-refractivity contribution >= 4 is 29.5 Å². The van der Waals surface area contributed by atoms with Crippen molar-refractivity contribution in [1.29, 1.82) is 5.26 Å². The van der Waals surface area contributed by atoms with Crippen molar-refractivity contribution in [2.24, 2.45) is 11.7 Å². The minimum absolute atomic E-state index is 0.0376. The van der Waals surface area contributed by atoms with Crippen molar-refractivity contribution in [1.82, 2.24) is 15.1 Å². The molecule has 1 saturated carbocycles. The Kier molecular flexibility index (Phi) is 6.10. The van der Waals surface area contributed by atoms with Gasteiger partial charge >= 0.3 is 6.09 Å². The van der Waals surface area contributed by atoms with Crippen molar-refractivity contribution in [3.63, 3.8) is 0 Å². The number of primary amides is 1. The van der Waals surface area contributed by atoms with Crippen LogP contribution in [0.4, 0.5) is 10.5 Å². The van der Waals surface area contributed by atoms with Gasteiger partial charge in [0.1, 0.15) is 17.7 Å². The summed E-state index contributed by atoms with van der Waals surface area (Å²) in [5.74, 6) is -0.592. The third-order valence-electron chi connectivity index (χ3n) is 7.61. The van der Waals surface area contributed by atoms with Crippen molar-refractivity contribution in [2.45, 2.75) is 75.8 Å². The molecule has 1 aromatic carbocycles. The second-order valence-electron chi connectivity index (χ2n) is 11.4. The number of nitriles is 1. The minimum Gasteiger partial charge on any atom is -0.444 e.